The Hall–Kier alpha value is -1.42. The number of fused-ring (bicyclic) bond motifs is 1. The van der Waals surface area contributed by atoms with Gasteiger partial charge in [-0.3, -0.25) is 0 Å². The van der Waals surface area contributed by atoms with Crippen LogP contribution in [0.15, 0.2) is 22.7 Å². The molecule has 0 saturated heterocycles. The number of aromatic nitrogens is 2. The summed E-state index contributed by atoms with van der Waals surface area (Å²) in [4.78, 5) is 8.13. The van der Waals surface area contributed by atoms with E-state index >= 15 is 0 Å². The Morgan fingerprint density at radius 2 is 2.43 bits per heavy atom. The summed E-state index contributed by atoms with van der Waals surface area (Å²) in [6.07, 6.45) is 2.59. The molecular formula is C10H12N2O2. The molecule has 0 spiro atoms. The first-order valence-electron chi connectivity index (χ1n) is 4.70. The van der Waals surface area contributed by atoms with E-state index in [0.717, 1.165) is 6.42 Å². The molecule has 4 nitrogen and oxygen atoms in total. The maximum Gasteiger partial charge on any atom is 0.225 e. The molecule has 1 N–H and O–H groups in total. The van der Waals surface area contributed by atoms with Crippen LogP contribution in [0.3, 0.4) is 0 Å². The first-order chi connectivity index (χ1) is 6.81. The van der Waals surface area contributed by atoms with Gasteiger partial charge in [0.15, 0.2) is 11.2 Å². The highest BCUT2D eigenvalue weighted by molar-refractivity contribution is 5.66. The van der Waals surface area contributed by atoms with Gasteiger partial charge in [0.25, 0.3) is 0 Å². The second kappa shape index (κ2) is 3.75. The molecule has 0 fully saturated rings. The lowest BCUT2D eigenvalue weighted by atomic mass is 10.2. The summed E-state index contributed by atoms with van der Waals surface area (Å²) >= 11 is 0. The highest BCUT2D eigenvalue weighted by atomic mass is 16.4. The summed E-state index contributed by atoms with van der Waals surface area (Å²) < 4.78 is 5.36. The minimum Gasteiger partial charge on any atom is -0.436 e. The first kappa shape index (κ1) is 9.15. The third-order valence-electron chi connectivity index (χ3n) is 2.03. The van der Waals surface area contributed by atoms with Crippen molar-refractivity contribution in [3.8, 4) is 0 Å². The molecule has 1 unspecified atom stereocenters. The van der Waals surface area contributed by atoms with E-state index in [9.17, 15) is 5.11 Å². The monoisotopic (exact) mass is 192 g/mol. The minimum atomic E-state index is -0.616. The van der Waals surface area contributed by atoms with Gasteiger partial charge in [-0.15, -0.1) is 0 Å². The van der Waals surface area contributed by atoms with Crippen LogP contribution in [-0.4, -0.2) is 15.1 Å². The molecule has 14 heavy (non-hydrogen) atoms. The number of hydrogen-bond donors (Lipinski definition) is 1. The average Bonchev–Trinajstić information content (AvgIpc) is 2.61. The van der Waals surface area contributed by atoms with Gasteiger partial charge < -0.3 is 9.52 Å². The highest BCUT2D eigenvalue weighted by Crippen LogP contribution is 2.21. The van der Waals surface area contributed by atoms with Crippen LogP contribution in [0.1, 0.15) is 31.8 Å². The molecule has 2 heterocycles. The second-order valence-electron chi connectivity index (χ2n) is 3.18. The molecule has 0 amide bonds. The van der Waals surface area contributed by atoms with Crippen molar-refractivity contribution in [1.29, 1.82) is 0 Å². The first-order valence-corrected chi connectivity index (χ1v) is 4.70. The molecule has 0 bridgehead atoms. The van der Waals surface area contributed by atoms with E-state index < -0.39 is 6.10 Å². The molecule has 1 atom stereocenters. The van der Waals surface area contributed by atoms with Crippen molar-refractivity contribution < 1.29 is 9.52 Å². The van der Waals surface area contributed by atoms with Crippen molar-refractivity contribution in [1.82, 2.24) is 9.97 Å². The van der Waals surface area contributed by atoms with Crippen LogP contribution in [0.2, 0.25) is 0 Å². The molecule has 0 aliphatic heterocycles. The number of aliphatic hydroxyl groups is 1. The third kappa shape index (κ3) is 1.61. The Labute approximate surface area is 81.6 Å². The predicted molar refractivity (Wildman–Crippen MR) is 51.7 cm³/mol. The van der Waals surface area contributed by atoms with Crippen molar-refractivity contribution >= 4 is 11.2 Å². The standard InChI is InChI=1S/C10H12N2O2/c1-2-4-7(13)10-12-9-8(14-10)5-3-6-11-9/h3,5-7,13H,2,4H2,1H3. The van der Waals surface area contributed by atoms with Gasteiger partial charge in [-0.2, -0.15) is 4.98 Å². The lowest BCUT2D eigenvalue weighted by Crippen LogP contribution is -1.96. The van der Waals surface area contributed by atoms with E-state index in [2.05, 4.69) is 9.97 Å². The van der Waals surface area contributed by atoms with Gasteiger partial charge in [-0.25, -0.2) is 4.98 Å². The number of hydrogen-bond acceptors (Lipinski definition) is 4. The summed E-state index contributed by atoms with van der Waals surface area (Å²) in [5.74, 6) is 0.362. The van der Waals surface area contributed by atoms with Crippen LogP contribution in [0.5, 0.6) is 0 Å². The van der Waals surface area contributed by atoms with Gasteiger partial charge in [-0.05, 0) is 18.6 Å². The van der Waals surface area contributed by atoms with Crippen molar-refractivity contribution in [3.63, 3.8) is 0 Å². The topological polar surface area (TPSA) is 59.2 Å². The van der Waals surface area contributed by atoms with E-state index in [4.69, 9.17) is 4.42 Å². The molecule has 2 aromatic heterocycles. The van der Waals surface area contributed by atoms with Crippen molar-refractivity contribution in [3.05, 3.63) is 24.2 Å². The Bertz CT molecular complexity index is 392. The van der Waals surface area contributed by atoms with Crippen LogP contribution < -0.4 is 0 Å². The maximum atomic E-state index is 9.64. The maximum absolute atomic E-state index is 9.64. The Balaban J connectivity index is 2.35. The quantitative estimate of drug-likeness (QED) is 0.808. The fourth-order valence-electron chi connectivity index (χ4n) is 1.33. The summed E-state index contributed by atoms with van der Waals surface area (Å²) in [5, 5.41) is 9.64. The van der Waals surface area contributed by atoms with Gasteiger partial charge in [-0.1, -0.05) is 13.3 Å². The number of aliphatic hydroxyl groups excluding tert-OH is 1. The van der Waals surface area contributed by atoms with E-state index in [1.165, 1.54) is 0 Å². The third-order valence-corrected chi connectivity index (χ3v) is 2.03. The fourth-order valence-corrected chi connectivity index (χ4v) is 1.33. The summed E-state index contributed by atoms with van der Waals surface area (Å²) in [6.45, 7) is 2.00. The Morgan fingerprint density at radius 1 is 1.57 bits per heavy atom. The molecule has 2 rings (SSSR count). The second-order valence-corrected chi connectivity index (χ2v) is 3.18. The number of rotatable bonds is 3. The lowest BCUT2D eigenvalue weighted by Gasteiger charge is -2.01. The van der Waals surface area contributed by atoms with Crippen LogP contribution in [0.4, 0.5) is 0 Å². The van der Waals surface area contributed by atoms with Gasteiger partial charge >= 0.3 is 0 Å². The molecular weight excluding hydrogens is 180 g/mol. The number of oxazole rings is 1. The average molecular weight is 192 g/mol. The molecule has 74 valence electrons. The largest absolute Gasteiger partial charge is 0.436 e. The van der Waals surface area contributed by atoms with E-state index in [-0.39, 0.29) is 0 Å². The van der Waals surface area contributed by atoms with Gasteiger partial charge in [0.1, 0.15) is 6.10 Å². The molecule has 2 aromatic rings. The SMILES string of the molecule is CCCC(O)c1nc2ncccc2o1. The highest BCUT2D eigenvalue weighted by Gasteiger charge is 2.14. The zero-order valence-corrected chi connectivity index (χ0v) is 7.97. The molecule has 4 heteroatoms. The fraction of sp³-hybridized carbons (Fsp3) is 0.400. The van der Waals surface area contributed by atoms with E-state index in [0.29, 0.717) is 23.5 Å². The zero-order chi connectivity index (χ0) is 9.97. The molecule has 0 radical (unpaired) electrons. The van der Waals surface area contributed by atoms with Crippen LogP contribution in [0, 0.1) is 0 Å². The summed E-state index contributed by atoms with van der Waals surface area (Å²) in [6, 6.07) is 3.57. The van der Waals surface area contributed by atoms with Gasteiger partial charge in [0.2, 0.25) is 5.89 Å². The summed E-state index contributed by atoms with van der Waals surface area (Å²) in [7, 11) is 0. The minimum absolute atomic E-state index is 0.362. The van der Waals surface area contributed by atoms with Crippen molar-refractivity contribution in [2.75, 3.05) is 0 Å². The van der Waals surface area contributed by atoms with Crippen molar-refractivity contribution in [2.24, 2.45) is 0 Å². The summed E-state index contributed by atoms with van der Waals surface area (Å²) in [5.41, 5.74) is 1.18. The van der Waals surface area contributed by atoms with Gasteiger partial charge in [0.05, 0.1) is 0 Å². The molecule has 0 aliphatic rings. The zero-order valence-electron chi connectivity index (χ0n) is 7.97. The van der Waals surface area contributed by atoms with E-state index in [1.807, 2.05) is 6.92 Å². The van der Waals surface area contributed by atoms with Crippen molar-refractivity contribution in [2.45, 2.75) is 25.9 Å². The van der Waals surface area contributed by atoms with Crippen LogP contribution in [0.25, 0.3) is 11.2 Å². The number of nitrogens with zero attached hydrogens (tertiary/aromatic N) is 2. The molecule has 0 saturated carbocycles. The Morgan fingerprint density at radius 3 is 3.14 bits per heavy atom. The smallest absolute Gasteiger partial charge is 0.225 e. The molecule has 0 aromatic carbocycles. The predicted octanol–water partition coefficient (Wildman–Crippen LogP) is 2.06. The van der Waals surface area contributed by atoms with Crippen LogP contribution in [-0.2, 0) is 0 Å². The van der Waals surface area contributed by atoms with E-state index in [1.54, 1.807) is 18.3 Å². The lowest BCUT2D eigenvalue weighted by molar-refractivity contribution is 0.135. The van der Waals surface area contributed by atoms with Crippen LogP contribution >= 0.6 is 0 Å². The van der Waals surface area contributed by atoms with Gasteiger partial charge in [0, 0.05) is 6.20 Å². The molecule has 0 aliphatic carbocycles. The number of pyridine rings is 1. The normalized spacial score (nSPS) is 13.3. The Kier molecular flexibility index (Phi) is 2.45.